The molecule has 3 unspecified atom stereocenters. The molecule has 3 atom stereocenters. The smallest absolute Gasteiger partial charge is 0.322 e. The van der Waals surface area contributed by atoms with Gasteiger partial charge in [0.25, 0.3) is 0 Å². The van der Waals surface area contributed by atoms with Gasteiger partial charge in [-0.15, -0.1) is 0 Å². The third-order valence-electron chi connectivity index (χ3n) is 5.05. The highest BCUT2D eigenvalue weighted by molar-refractivity contribution is 5.75. The van der Waals surface area contributed by atoms with E-state index in [1.807, 2.05) is 0 Å². The summed E-state index contributed by atoms with van der Waals surface area (Å²) >= 11 is 0. The molecule has 0 spiro atoms. The van der Waals surface area contributed by atoms with Crippen molar-refractivity contribution < 1.29 is 9.90 Å². The number of nitrogens with zero attached hydrogens (tertiary/aromatic N) is 2. The molecule has 0 saturated carbocycles. The molecule has 0 aromatic heterocycles. The van der Waals surface area contributed by atoms with Crippen LogP contribution >= 0.6 is 0 Å². The number of carboxylic acids is 1. The van der Waals surface area contributed by atoms with Crippen molar-refractivity contribution in [3.8, 4) is 0 Å². The number of piperidine rings is 3. The minimum absolute atomic E-state index is 0.263. The lowest BCUT2D eigenvalue weighted by Gasteiger charge is -2.48. The van der Waals surface area contributed by atoms with Crippen molar-refractivity contribution in [1.29, 1.82) is 0 Å². The normalized spacial score (nSPS) is 43.4. The van der Waals surface area contributed by atoms with E-state index < -0.39 is 5.97 Å². The van der Waals surface area contributed by atoms with Crippen molar-refractivity contribution >= 4 is 5.97 Å². The zero-order chi connectivity index (χ0) is 12.9. The molecule has 2 bridgehead atoms. The molecule has 0 amide bonds. The van der Waals surface area contributed by atoms with Gasteiger partial charge < -0.3 is 5.11 Å². The number of hydrogen-bond acceptors (Lipinski definition) is 3. The van der Waals surface area contributed by atoms with Gasteiger partial charge in [0.15, 0.2) is 0 Å². The van der Waals surface area contributed by atoms with E-state index >= 15 is 0 Å². The van der Waals surface area contributed by atoms with E-state index in [-0.39, 0.29) is 12.1 Å². The molecule has 4 rings (SSSR count). The van der Waals surface area contributed by atoms with Crippen LogP contribution in [0.2, 0.25) is 0 Å². The average Bonchev–Trinajstić information content (AvgIpc) is 2.70. The second-order valence-electron chi connectivity index (χ2n) is 6.66. The largest absolute Gasteiger partial charge is 0.480 e. The molecule has 4 aliphatic rings. The van der Waals surface area contributed by atoms with Crippen LogP contribution in [0.15, 0.2) is 0 Å². The Morgan fingerprint density at radius 3 is 2.56 bits per heavy atom. The first-order valence-electron chi connectivity index (χ1n) is 7.29. The number of carbonyl (C=O) groups is 1. The van der Waals surface area contributed by atoms with E-state index in [9.17, 15) is 9.90 Å². The number of carboxylic acid groups (broad SMARTS) is 1. The Kier molecular flexibility index (Phi) is 3.10. The van der Waals surface area contributed by atoms with E-state index in [2.05, 4.69) is 23.6 Å². The third kappa shape index (κ3) is 1.86. The fraction of sp³-hybridized carbons (Fsp3) is 0.929. The van der Waals surface area contributed by atoms with Gasteiger partial charge in [0.1, 0.15) is 6.04 Å². The number of likely N-dealkylation sites (tertiary alicyclic amines) is 1. The van der Waals surface area contributed by atoms with Crippen LogP contribution in [0.1, 0.15) is 26.7 Å². The molecule has 4 saturated heterocycles. The summed E-state index contributed by atoms with van der Waals surface area (Å²) in [5, 5.41) is 9.60. The zero-order valence-corrected chi connectivity index (χ0v) is 11.4. The van der Waals surface area contributed by atoms with Crippen LogP contribution in [0.3, 0.4) is 0 Å². The highest BCUT2D eigenvalue weighted by atomic mass is 16.4. The molecular formula is C14H24N2O2. The van der Waals surface area contributed by atoms with Gasteiger partial charge in [-0.1, -0.05) is 13.8 Å². The molecule has 1 N–H and O–H groups in total. The first-order valence-corrected chi connectivity index (χ1v) is 7.29. The Hall–Kier alpha value is -0.610. The lowest BCUT2D eigenvalue weighted by Crippen LogP contribution is -2.59. The van der Waals surface area contributed by atoms with Gasteiger partial charge in [-0.2, -0.15) is 0 Å². The van der Waals surface area contributed by atoms with Crippen LogP contribution in [-0.2, 0) is 4.79 Å². The summed E-state index contributed by atoms with van der Waals surface area (Å²) in [7, 11) is 0. The summed E-state index contributed by atoms with van der Waals surface area (Å²) in [6.45, 7) is 8.51. The van der Waals surface area contributed by atoms with Crippen LogP contribution in [0, 0.1) is 17.8 Å². The number of hydrogen-bond donors (Lipinski definition) is 1. The number of rotatable bonds is 3. The Labute approximate surface area is 109 Å². The van der Waals surface area contributed by atoms with Crippen molar-refractivity contribution in [2.45, 2.75) is 38.8 Å². The Balaban J connectivity index is 1.84. The predicted molar refractivity (Wildman–Crippen MR) is 69.4 cm³/mol. The van der Waals surface area contributed by atoms with Gasteiger partial charge in [0.05, 0.1) is 0 Å². The van der Waals surface area contributed by atoms with Crippen molar-refractivity contribution in [2.75, 3.05) is 26.2 Å². The standard InChI is InChI=1S/C14H24N2O2/c1-9(2)7-16-8-11-10-3-5-15(6-4-10)12(11)13(16)14(17)18/h9-13H,3-8H2,1-2H3,(H,17,18). The first kappa shape index (κ1) is 12.4. The fourth-order valence-electron chi connectivity index (χ4n) is 4.45. The maximum Gasteiger partial charge on any atom is 0.322 e. The molecular weight excluding hydrogens is 228 g/mol. The van der Waals surface area contributed by atoms with E-state index in [1.54, 1.807) is 0 Å². The summed E-state index contributed by atoms with van der Waals surface area (Å²) < 4.78 is 0. The average molecular weight is 252 g/mol. The molecule has 4 fully saturated rings. The van der Waals surface area contributed by atoms with Crippen LogP contribution in [0.4, 0.5) is 0 Å². The van der Waals surface area contributed by atoms with Crippen molar-refractivity contribution in [3.05, 3.63) is 0 Å². The molecule has 0 aliphatic carbocycles. The van der Waals surface area contributed by atoms with Gasteiger partial charge in [0, 0.05) is 19.1 Å². The van der Waals surface area contributed by atoms with E-state index in [0.717, 1.165) is 32.1 Å². The van der Waals surface area contributed by atoms with Gasteiger partial charge >= 0.3 is 5.97 Å². The SMILES string of the molecule is CC(C)CN1CC2C3CCN(CC3)C2C1C(=O)O. The zero-order valence-electron chi connectivity index (χ0n) is 11.4. The molecule has 18 heavy (non-hydrogen) atoms. The van der Waals surface area contributed by atoms with Crippen LogP contribution in [0.5, 0.6) is 0 Å². The monoisotopic (exact) mass is 252 g/mol. The van der Waals surface area contributed by atoms with Crippen LogP contribution < -0.4 is 0 Å². The molecule has 0 radical (unpaired) electrons. The van der Waals surface area contributed by atoms with E-state index in [4.69, 9.17) is 0 Å². The molecule has 0 aromatic carbocycles. The maximum absolute atomic E-state index is 11.7. The lowest BCUT2D eigenvalue weighted by atomic mass is 9.74. The minimum atomic E-state index is -0.615. The van der Waals surface area contributed by atoms with Crippen molar-refractivity contribution in [3.63, 3.8) is 0 Å². The van der Waals surface area contributed by atoms with Gasteiger partial charge in [-0.05, 0) is 43.7 Å². The van der Waals surface area contributed by atoms with Crippen molar-refractivity contribution in [1.82, 2.24) is 9.80 Å². The second kappa shape index (κ2) is 4.49. The summed E-state index contributed by atoms with van der Waals surface area (Å²) in [6.07, 6.45) is 2.56. The summed E-state index contributed by atoms with van der Waals surface area (Å²) in [4.78, 5) is 16.3. The Bertz CT molecular complexity index is 337. The molecule has 4 nitrogen and oxygen atoms in total. The van der Waals surface area contributed by atoms with Gasteiger partial charge in [0.2, 0.25) is 0 Å². The summed E-state index contributed by atoms with van der Waals surface area (Å²) in [5.74, 6) is 1.31. The second-order valence-corrected chi connectivity index (χ2v) is 6.66. The molecule has 102 valence electrons. The number of aliphatic carboxylic acids is 1. The fourth-order valence-corrected chi connectivity index (χ4v) is 4.45. The quantitative estimate of drug-likeness (QED) is 0.817. The topological polar surface area (TPSA) is 43.8 Å². The van der Waals surface area contributed by atoms with Gasteiger partial charge in [-0.25, -0.2) is 0 Å². The van der Waals surface area contributed by atoms with Gasteiger partial charge in [-0.3, -0.25) is 14.6 Å². The highest BCUT2D eigenvalue weighted by Crippen LogP contribution is 2.44. The minimum Gasteiger partial charge on any atom is -0.480 e. The third-order valence-corrected chi connectivity index (χ3v) is 5.05. The molecule has 0 aromatic rings. The Morgan fingerprint density at radius 2 is 2.00 bits per heavy atom. The van der Waals surface area contributed by atoms with E-state index in [0.29, 0.717) is 11.8 Å². The number of fused-ring (bicyclic) bond motifs is 2. The summed E-state index contributed by atoms with van der Waals surface area (Å²) in [5.41, 5.74) is 0. The maximum atomic E-state index is 11.7. The van der Waals surface area contributed by atoms with Crippen LogP contribution in [0.25, 0.3) is 0 Å². The lowest BCUT2D eigenvalue weighted by molar-refractivity contribution is -0.145. The predicted octanol–water partition coefficient (Wildman–Crippen LogP) is 1.12. The van der Waals surface area contributed by atoms with Crippen molar-refractivity contribution in [2.24, 2.45) is 17.8 Å². The van der Waals surface area contributed by atoms with Crippen LogP contribution in [-0.4, -0.2) is 59.1 Å². The highest BCUT2D eigenvalue weighted by Gasteiger charge is 2.54. The summed E-state index contributed by atoms with van der Waals surface area (Å²) in [6, 6.07) is 0.0225. The van der Waals surface area contributed by atoms with E-state index in [1.165, 1.54) is 12.8 Å². The first-order chi connectivity index (χ1) is 8.58. The molecule has 4 heteroatoms. The molecule has 4 aliphatic heterocycles. The Morgan fingerprint density at radius 1 is 1.33 bits per heavy atom. The molecule has 4 heterocycles.